The molecule has 1 N–H and O–H groups in total. The fourth-order valence-corrected chi connectivity index (χ4v) is 5.46. The molecule has 1 heterocycles. The van der Waals surface area contributed by atoms with Gasteiger partial charge in [-0.1, -0.05) is 47.1 Å². The largest absolute Gasteiger partial charge is 0.324 e. The number of carbonyl (C=O) groups is 3. The Morgan fingerprint density at radius 3 is 2.57 bits per heavy atom. The lowest BCUT2D eigenvalue weighted by Gasteiger charge is -2.12. The number of benzene rings is 3. The Hall–Kier alpha value is -3.12. The molecule has 0 atom stereocenters. The van der Waals surface area contributed by atoms with Crippen LogP contribution in [0.5, 0.6) is 0 Å². The van der Waals surface area contributed by atoms with E-state index in [9.17, 15) is 24.5 Å². The van der Waals surface area contributed by atoms with Crippen molar-refractivity contribution in [1.82, 2.24) is 4.90 Å². The zero-order chi connectivity index (χ0) is 26.7. The van der Waals surface area contributed by atoms with Gasteiger partial charge in [0.25, 0.3) is 16.8 Å². The van der Waals surface area contributed by atoms with Gasteiger partial charge in [0.15, 0.2) is 0 Å². The molecule has 3 aromatic carbocycles. The van der Waals surface area contributed by atoms with Crippen LogP contribution in [0.2, 0.25) is 5.02 Å². The van der Waals surface area contributed by atoms with Crippen molar-refractivity contribution in [1.29, 1.82) is 0 Å². The summed E-state index contributed by atoms with van der Waals surface area (Å²) in [6.07, 6.45) is 1.41. The highest BCUT2D eigenvalue weighted by Crippen LogP contribution is 2.37. The first kappa shape index (κ1) is 26.9. The second-order valence-electron chi connectivity index (χ2n) is 7.84. The van der Waals surface area contributed by atoms with Gasteiger partial charge in [-0.15, -0.1) is 0 Å². The van der Waals surface area contributed by atoms with E-state index in [1.165, 1.54) is 30.0 Å². The highest BCUT2D eigenvalue weighted by molar-refractivity contribution is 9.10. The average molecular weight is 619 g/mol. The summed E-state index contributed by atoms with van der Waals surface area (Å²) < 4.78 is 0.658. The SMILES string of the molecule is Cc1ccc(Sc2ccc(C=C3SC(=O)N(CC(=O)Nc4ccc(Br)c(Cl)c4)C3=O)cc2[N+](=O)[O-])cc1. The second-order valence-corrected chi connectivity index (χ2v) is 11.2. The van der Waals surface area contributed by atoms with E-state index >= 15 is 0 Å². The van der Waals surface area contributed by atoms with Crippen LogP contribution in [0.1, 0.15) is 11.1 Å². The number of nitro groups is 1. The molecular weight excluding hydrogens is 602 g/mol. The van der Waals surface area contributed by atoms with Crippen LogP contribution >= 0.6 is 51.1 Å². The first-order chi connectivity index (χ1) is 17.6. The highest BCUT2D eigenvalue weighted by Gasteiger charge is 2.36. The number of halogens is 2. The third-order valence-corrected chi connectivity index (χ3v) is 8.32. The molecule has 1 saturated heterocycles. The van der Waals surface area contributed by atoms with E-state index in [2.05, 4.69) is 21.2 Å². The molecular formula is C25H17BrClN3O5S2. The standard InChI is InChI=1S/C25H17BrClN3O5S2/c1-14-2-6-17(7-3-14)36-21-9-4-15(10-20(21)30(34)35)11-22-24(32)29(25(33)37-22)13-23(31)28-16-5-8-18(26)19(27)12-16/h2-12H,13H2,1H3,(H,28,31). The van der Waals surface area contributed by atoms with E-state index in [-0.39, 0.29) is 10.6 Å². The summed E-state index contributed by atoms with van der Waals surface area (Å²) in [7, 11) is 0. The predicted octanol–water partition coefficient (Wildman–Crippen LogP) is 7.15. The summed E-state index contributed by atoms with van der Waals surface area (Å²) >= 11 is 11.2. The summed E-state index contributed by atoms with van der Waals surface area (Å²) in [6.45, 7) is 1.47. The Balaban J connectivity index is 1.49. The van der Waals surface area contributed by atoms with E-state index in [1.54, 1.807) is 24.3 Å². The molecule has 1 aliphatic rings. The van der Waals surface area contributed by atoms with Gasteiger partial charge in [0.1, 0.15) is 6.54 Å². The van der Waals surface area contributed by atoms with E-state index in [0.717, 1.165) is 15.4 Å². The van der Waals surface area contributed by atoms with Crippen molar-refractivity contribution in [3.63, 3.8) is 0 Å². The zero-order valence-corrected chi connectivity index (χ0v) is 23.0. The molecule has 0 saturated carbocycles. The van der Waals surface area contributed by atoms with Gasteiger partial charge in [-0.3, -0.25) is 29.4 Å². The number of nitrogens with zero attached hydrogens (tertiary/aromatic N) is 2. The third-order valence-electron chi connectivity index (χ3n) is 5.10. The highest BCUT2D eigenvalue weighted by atomic mass is 79.9. The third kappa shape index (κ3) is 6.61. The Bertz CT molecular complexity index is 1460. The van der Waals surface area contributed by atoms with Crippen LogP contribution in [0.25, 0.3) is 6.08 Å². The van der Waals surface area contributed by atoms with E-state index < -0.39 is 28.5 Å². The van der Waals surface area contributed by atoms with Gasteiger partial charge in [0.05, 0.1) is 19.7 Å². The number of hydrogen-bond acceptors (Lipinski definition) is 7. The Morgan fingerprint density at radius 1 is 1.16 bits per heavy atom. The van der Waals surface area contributed by atoms with Gasteiger partial charge in [0, 0.05) is 21.1 Å². The van der Waals surface area contributed by atoms with Crippen LogP contribution in [0, 0.1) is 17.0 Å². The van der Waals surface area contributed by atoms with Gasteiger partial charge in [0.2, 0.25) is 5.91 Å². The molecule has 0 bridgehead atoms. The van der Waals surface area contributed by atoms with Crippen LogP contribution in [-0.4, -0.2) is 33.4 Å². The number of aryl methyl sites for hydroxylation is 1. The van der Waals surface area contributed by atoms with Crippen molar-refractivity contribution in [3.05, 3.63) is 96.3 Å². The zero-order valence-electron chi connectivity index (χ0n) is 19.1. The second kappa shape index (κ2) is 11.5. The molecule has 12 heteroatoms. The van der Waals surface area contributed by atoms with Crippen LogP contribution in [0.4, 0.5) is 16.2 Å². The van der Waals surface area contributed by atoms with Crippen molar-refractivity contribution < 1.29 is 19.3 Å². The molecule has 0 aromatic heterocycles. The van der Waals surface area contributed by atoms with Gasteiger partial charge < -0.3 is 5.32 Å². The Morgan fingerprint density at radius 2 is 1.89 bits per heavy atom. The molecule has 0 spiro atoms. The molecule has 37 heavy (non-hydrogen) atoms. The maximum Gasteiger partial charge on any atom is 0.294 e. The van der Waals surface area contributed by atoms with Gasteiger partial charge in [-0.05, 0) is 82.7 Å². The lowest BCUT2D eigenvalue weighted by molar-refractivity contribution is -0.387. The van der Waals surface area contributed by atoms with Gasteiger partial charge >= 0.3 is 0 Å². The number of thioether (sulfide) groups is 1. The molecule has 0 unspecified atom stereocenters. The average Bonchev–Trinajstić information content (AvgIpc) is 3.10. The molecule has 4 rings (SSSR count). The molecule has 188 valence electrons. The van der Waals surface area contributed by atoms with E-state index in [4.69, 9.17) is 11.6 Å². The fourth-order valence-electron chi connectivity index (χ4n) is 3.29. The smallest absolute Gasteiger partial charge is 0.294 e. The van der Waals surface area contributed by atoms with Crippen LogP contribution in [0.3, 0.4) is 0 Å². The Kier molecular flexibility index (Phi) is 8.38. The minimum Gasteiger partial charge on any atom is -0.324 e. The summed E-state index contributed by atoms with van der Waals surface area (Å²) in [5.41, 5.74) is 1.76. The molecule has 1 aliphatic heterocycles. The van der Waals surface area contributed by atoms with Gasteiger partial charge in [-0.25, -0.2) is 0 Å². The van der Waals surface area contributed by atoms with Crippen LogP contribution in [0.15, 0.2) is 79.8 Å². The summed E-state index contributed by atoms with van der Waals surface area (Å²) in [6, 6.07) is 17.0. The summed E-state index contributed by atoms with van der Waals surface area (Å²) in [5.74, 6) is -1.23. The summed E-state index contributed by atoms with van der Waals surface area (Å²) in [5, 5.41) is 14.1. The number of imide groups is 1. The molecule has 1 fully saturated rings. The molecule has 8 nitrogen and oxygen atoms in total. The van der Waals surface area contributed by atoms with Crippen molar-refractivity contribution in [2.45, 2.75) is 16.7 Å². The number of amides is 3. The molecule has 3 aromatic rings. The lowest BCUT2D eigenvalue weighted by atomic mass is 10.2. The monoisotopic (exact) mass is 617 g/mol. The molecule has 0 aliphatic carbocycles. The van der Waals surface area contributed by atoms with Crippen molar-refractivity contribution in [3.8, 4) is 0 Å². The number of hydrogen-bond donors (Lipinski definition) is 1. The maximum atomic E-state index is 12.8. The number of rotatable bonds is 7. The van der Waals surface area contributed by atoms with E-state index in [0.29, 0.717) is 37.4 Å². The topological polar surface area (TPSA) is 110 Å². The first-order valence-corrected chi connectivity index (χ1v) is 13.4. The fraction of sp³-hybridized carbons (Fsp3) is 0.0800. The number of nitro benzene ring substituents is 1. The van der Waals surface area contributed by atoms with Crippen molar-refractivity contribution in [2.75, 3.05) is 11.9 Å². The van der Waals surface area contributed by atoms with Crippen LogP contribution in [-0.2, 0) is 9.59 Å². The number of anilines is 1. The number of nitrogens with one attached hydrogen (secondary N) is 1. The van der Waals surface area contributed by atoms with Crippen molar-refractivity contribution >= 4 is 85.6 Å². The summed E-state index contributed by atoms with van der Waals surface area (Å²) in [4.78, 5) is 51.1. The van der Waals surface area contributed by atoms with Gasteiger partial charge in [-0.2, -0.15) is 0 Å². The van der Waals surface area contributed by atoms with Crippen molar-refractivity contribution in [2.24, 2.45) is 0 Å². The quantitative estimate of drug-likeness (QED) is 0.170. The normalized spacial score (nSPS) is 14.4. The molecule has 0 radical (unpaired) electrons. The minimum atomic E-state index is -0.653. The molecule has 3 amide bonds. The lowest BCUT2D eigenvalue weighted by Crippen LogP contribution is -2.36. The maximum absolute atomic E-state index is 12.8. The van der Waals surface area contributed by atoms with Crippen LogP contribution < -0.4 is 5.32 Å². The number of carbonyl (C=O) groups excluding carboxylic acids is 3. The van der Waals surface area contributed by atoms with E-state index in [1.807, 2.05) is 31.2 Å². The predicted molar refractivity (Wildman–Crippen MR) is 149 cm³/mol. The Labute approximate surface area is 233 Å². The first-order valence-electron chi connectivity index (χ1n) is 10.6. The minimum absolute atomic E-state index is 0.0673.